The first-order chi connectivity index (χ1) is 13.4. The Morgan fingerprint density at radius 3 is 2.64 bits per heavy atom. The molecule has 8 heteroatoms. The zero-order valence-corrected chi connectivity index (χ0v) is 16.8. The van der Waals surface area contributed by atoms with Gasteiger partial charge in [0.05, 0.1) is 6.54 Å². The van der Waals surface area contributed by atoms with Crippen LogP contribution in [0.3, 0.4) is 0 Å². The van der Waals surface area contributed by atoms with E-state index in [1.54, 1.807) is 0 Å². The maximum Gasteiger partial charge on any atom is 0.317 e. The third-order valence-electron chi connectivity index (χ3n) is 5.59. The lowest BCUT2D eigenvalue weighted by Gasteiger charge is -2.42. The van der Waals surface area contributed by atoms with Crippen molar-refractivity contribution in [3.63, 3.8) is 0 Å². The van der Waals surface area contributed by atoms with Crippen LogP contribution in [0.4, 0.5) is 10.6 Å². The minimum absolute atomic E-state index is 0.0564. The fourth-order valence-electron chi connectivity index (χ4n) is 4.03. The number of aryl methyl sites for hydroxylation is 1. The predicted molar refractivity (Wildman–Crippen MR) is 107 cm³/mol. The summed E-state index contributed by atoms with van der Waals surface area (Å²) in [6.45, 7) is 7.26. The molecule has 2 aliphatic rings. The number of rotatable bonds is 8. The maximum atomic E-state index is 12.2. The van der Waals surface area contributed by atoms with Crippen molar-refractivity contribution in [2.24, 2.45) is 0 Å². The highest BCUT2D eigenvalue weighted by atomic mass is 16.4. The zero-order chi connectivity index (χ0) is 20.1. The fraction of sp³-hybridized carbons (Fsp3) is 0.650. The van der Waals surface area contributed by atoms with Crippen LogP contribution in [0, 0.1) is 6.92 Å². The largest absolute Gasteiger partial charge is 0.480 e. The molecule has 0 radical (unpaired) electrons. The summed E-state index contributed by atoms with van der Waals surface area (Å²) in [5.41, 5.74) is 2.01. The third kappa shape index (κ3) is 5.34. The third-order valence-corrected chi connectivity index (χ3v) is 5.59. The van der Waals surface area contributed by atoms with Crippen LogP contribution in [0.1, 0.15) is 43.9 Å². The molecule has 3 rings (SSSR count). The van der Waals surface area contributed by atoms with E-state index < -0.39 is 5.97 Å². The van der Waals surface area contributed by atoms with Crippen molar-refractivity contribution < 1.29 is 14.7 Å². The van der Waals surface area contributed by atoms with Crippen molar-refractivity contribution in [3.8, 4) is 0 Å². The first-order valence-electron chi connectivity index (χ1n) is 10.2. The quantitative estimate of drug-likeness (QED) is 0.626. The summed E-state index contributed by atoms with van der Waals surface area (Å²) in [5.74, 6) is 0.187. The summed E-state index contributed by atoms with van der Waals surface area (Å²) in [7, 11) is 0. The zero-order valence-electron chi connectivity index (χ0n) is 16.8. The molecule has 1 saturated carbocycles. The summed E-state index contributed by atoms with van der Waals surface area (Å²) in [4.78, 5) is 32.0. The minimum atomic E-state index is -0.808. The smallest absolute Gasteiger partial charge is 0.317 e. The second-order valence-electron chi connectivity index (χ2n) is 7.78. The Bertz CT molecular complexity index is 699. The number of nitrogens with zero attached hydrogens (tertiary/aromatic N) is 3. The number of pyridine rings is 1. The molecule has 1 aromatic heterocycles. The van der Waals surface area contributed by atoms with Crippen LogP contribution < -0.4 is 15.5 Å². The summed E-state index contributed by atoms with van der Waals surface area (Å²) in [6.07, 6.45) is 4.00. The van der Waals surface area contributed by atoms with Crippen LogP contribution in [0.2, 0.25) is 0 Å². The number of aromatic nitrogens is 1. The molecule has 0 spiro atoms. The molecule has 0 unspecified atom stereocenters. The Kier molecular flexibility index (Phi) is 6.72. The van der Waals surface area contributed by atoms with E-state index in [2.05, 4.69) is 26.6 Å². The molecule has 2 fully saturated rings. The number of urea groups is 1. The van der Waals surface area contributed by atoms with E-state index in [0.29, 0.717) is 13.1 Å². The maximum absolute atomic E-state index is 12.2. The average molecular weight is 390 g/mol. The van der Waals surface area contributed by atoms with E-state index in [9.17, 15) is 9.59 Å². The van der Waals surface area contributed by atoms with Crippen molar-refractivity contribution in [3.05, 3.63) is 23.4 Å². The van der Waals surface area contributed by atoms with Crippen molar-refractivity contribution in [2.75, 3.05) is 31.1 Å². The van der Waals surface area contributed by atoms with Crippen molar-refractivity contribution in [1.82, 2.24) is 20.5 Å². The van der Waals surface area contributed by atoms with Gasteiger partial charge in [-0.1, -0.05) is 6.92 Å². The minimum Gasteiger partial charge on any atom is -0.480 e. The Morgan fingerprint density at radius 2 is 2.00 bits per heavy atom. The number of aliphatic carboxylic acids is 1. The van der Waals surface area contributed by atoms with Crippen molar-refractivity contribution in [2.45, 2.75) is 58.2 Å². The topological polar surface area (TPSA) is 97.8 Å². The van der Waals surface area contributed by atoms with Gasteiger partial charge >= 0.3 is 12.0 Å². The molecule has 0 bridgehead atoms. The Balaban J connectivity index is 1.43. The lowest BCUT2D eigenvalue weighted by atomic mass is 9.85. The molecule has 1 aliphatic heterocycles. The number of hydrogen-bond donors (Lipinski definition) is 3. The lowest BCUT2D eigenvalue weighted by Crippen LogP contribution is -2.56. The lowest BCUT2D eigenvalue weighted by molar-refractivity contribution is -0.139. The number of likely N-dealkylation sites (N-methyl/N-ethyl adjacent to an activating group) is 1. The Labute approximate surface area is 166 Å². The SMILES string of the molecule is CCN(CC(=O)O)C1CC(NC(=O)NCc2cc(C)nc(N3CCCC3)c2)C1. The molecule has 8 nitrogen and oxygen atoms in total. The Morgan fingerprint density at radius 1 is 1.29 bits per heavy atom. The first-order valence-corrected chi connectivity index (χ1v) is 10.2. The fourth-order valence-corrected chi connectivity index (χ4v) is 4.03. The van der Waals surface area contributed by atoms with Gasteiger partial charge in [-0.15, -0.1) is 0 Å². The number of carbonyl (C=O) groups is 2. The van der Waals surface area contributed by atoms with Crippen LogP contribution in [-0.2, 0) is 11.3 Å². The van der Waals surface area contributed by atoms with Gasteiger partial charge in [0.2, 0.25) is 0 Å². The second kappa shape index (κ2) is 9.23. The normalized spacial score (nSPS) is 21.5. The van der Waals surface area contributed by atoms with E-state index in [-0.39, 0.29) is 24.7 Å². The van der Waals surface area contributed by atoms with Crippen molar-refractivity contribution in [1.29, 1.82) is 0 Å². The van der Waals surface area contributed by atoms with Gasteiger partial charge in [-0.25, -0.2) is 9.78 Å². The number of anilines is 1. The molecule has 2 heterocycles. The van der Waals surface area contributed by atoms with Gasteiger partial charge in [0.1, 0.15) is 5.82 Å². The van der Waals surface area contributed by atoms with Crippen LogP contribution in [0.25, 0.3) is 0 Å². The van der Waals surface area contributed by atoms with Gasteiger partial charge in [-0.2, -0.15) is 0 Å². The monoisotopic (exact) mass is 389 g/mol. The number of nitrogens with one attached hydrogen (secondary N) is 2. The molecule has 1 aliphatic carbocycles. The van der Waals surface area contributed by atoms with Crippen LogP contribution >= 0.6 is 0 Å². The van der Waals surface area contributed by atoms with Gasteiger partial charge in [0.25, 0.3) is 0 Å². The number of amides is 2. The molecule has 1 saturated heterocycles. The number of carboxylic acid groups (broad SMARTS) is 1. The van der Waals surface area contributed by atoms with E-state index in [1.807, 2.05) is 24.8 Å². The molecule has 28 heavy (non-hydrogen) atoms. The van der Waals surface area contributed by atoms with E-state index in [4.69, 9.17) is 5.11 Å². The molecule has 154 valence electrons. The Hall–Kier alpha value is -2.35. The van der Waals surface area contributed by atoms with Crippen molar-refractivity contribution >= 4 is 17.8 Å². The van der Waals surface area contributed by atoms with E-state index in [1.165, 1.54) is 12.8 Å². The summed E-state index contributed by atoms with van der Waals surface area (Å²) in [5, 5.41) is 14.9. The number of carbonyl (C=O) groups excluding carboxylic acids is 1. The summed E-state index contributed by atoms with van der Waals surface area (Å²) in [6, 6.07) is 4.22. The summed E-state index contributed by atoms with van der Waals surface area (Å²) >= 11 is 0. The predicted octanol–water partition coefficient (Wildman–Crippen LogP) is 1.73. The molecular formula is C20H31N5O3. The molecule has 3 N–H and O–H groups in total. The average Bonchev–Trinajstić information content (AvgIpc) is 3.15. The van der Waals surface area contributed by atoms with E-state index >= 15 is 0 Å². The highest BCUT2D eigenvalue weighted by Crippen LogP contribution is 2.25. The van der Waals surface area contributed by atoms with Gasteiger partial charge in [-0.3, -0.25) is 9.69 Å². The van der Waals surface area contributed by atoms with Gasteiger partial charge in [0, 0.05) is 37.4 Å². The van der Waals surface area contributed by atoms with Crippen LogP contribution in [0.15, 0.2) is 12.1 Å². The molecular weight excluding hydrogens is 358 g/mol. The summed E-state index contributed by atoms with van der Waals surface area (Å²) < 4.78 is 0. The van der Waals surface area contributed by atoms with Gasteiger partial charge < -0.3 is 20.6 Å². The molecule has 0 aromatic carbocycles. The highest BCUT2D eigenvalue weighted by Gasteiger charge is 2.34. The standard InChI is InChI=1S/C20H31N5O3/c1-3-24(13-19(26)27)17-10-16(11-17)23-20(28)21-12-15-8-14(2)22-18(9-15)25-6-4-5-7-25/h8-9,16-17H,3-7,10-13H2,1-2H3,(H,26,27)(H2,21,23,28). The van der Waals surface area contributed by atoms with E-state index in [0.717, 1.165) is 43.0 Å². The first kappa shape index (κ1) is 20.4. The molecule has 0 atom stereocenters. The molecule has 1 aromatic rings. The highest BCUT2D eigenvalue weighted by molar-refractivity contribution is 5.74. The van der Waals surface area contributed by atoms with Gasteiger partial charge in [-0.05, 0) is 56.8 Å². The van der Waals surface area contributed by atoms with Crippen LogP contribution in [-0.4, -0.2) is 65.3 Å². The molecule has 2 amide bonds. The number of hydrogen-bond acceptors (Lipinski definition) is 5. The van der Waals surface area contributed by atoms with Crippen LogP contribution in [0.5, 0.6) is 0 Å². The second-order valence-corrected chi connectivity index (χ2v) is 7.78. The number of carboxylic acids is 1. The van der Waals surface area contributed by atoms with Gasteiger partial charge in [0.15, 0.2) is 0 Å².